The monoisotopic (exact) mass is 275 g/mol. The molecule has 0 heterocycles. The van der Waals surface area contributed by atoms with Crippen molar-refractivity contribution in [3.05, 3.63) is 0 Å². The number of rotatable bonds is 11. The van der Waals surface area contributed by atoms with Crippen LogP contribution in [0, 0.1) is 0 Å². The summed E-state index contributed by atoms with van der Waals surface area (Å²) in [5.41, 5.74) is 10.5. The van der Waals surface area contributed by atoms with Crippen LogP contribution >= 0.6 is 0 Å². The second-order valence-electron chi connectivity index (χ2n) is 4.39. The number of aliphatic carboxylic acids is 1. The number of nitrogens with two attached hydrogens (primary N) is 2. The van der Waals surface area contributed by atoms with Crippen molar-refractivity contribution in [2.75, 3.05) is 20.1 Å². The van der Waals surface area contributed by atoms with Crippen LogP contribution in [0.1, 0.15) is 44.9 Å². The van der Waals surface area contributed by atoms with E-state index in [4.69, 9.17) is 16.6 Å². The fraction of sp³-hybridized carbons (Fsp3) is 0.846. The lowest BCUT2D eigenvalue weighted by atomic mass is 10.1. The van der Waals surface area contributed by atoms with Crippen LogP contribution in [0.25, 0.3) is 0 Å². The second kappa shape index (κ2) is 17.0. The lowest BCUT2D eigenvalue weighted by Crippen LogP contribution is -2.21. The predicted molar refractivity (Wildman–Crippen MR) is 77.0 cm³/mol. The average molecular weight is 275 g/mol. The van der Waals surface area contributed by atoms with E-state index in [0.717, 1.165) is 51.4 Å². The van der Waals surface area contributed by atoms with Crippen LogP contribution in [0.5, 0.6) is 0 Å². The molecule has 19 heavy (non-hydrogen) atoms. The molecule has 6 heteroatoms. The fourth-order valence-corrected chi connectivity index (χ4v) is 1.35. The van der Waals surface area contributed by atoms with E-state index < -0.39 is 5.97 Å². The van der Waals surface area contributed by atoms with Gasteiger partial charge in [-0.1, -0.05) is 12.8 Å². The van der Waals surface area contributed by atoms with Gasteiger partial charge < -0.3 is 26.7 Å². The van der Waals surface area contributed by atoms with Crippen LogP contribution < -0.4 is 16.8 Å². The smallest absolute Gasteiger partial charge is 0.303 e. The van der Waals surface area contributed by atoms with Crippen LogP contribution in [-0.2, 0) is 9.59 Å². The topological polar surface area (TPSA) is 118 Å². The average Bonchev–Trinajstić information content (AvgIpc) is 2.39. The summed E-state index contributed by atoms with van der Waals surface area (Å²) in [5, 5.41) is 11.3. The first-order chi connectivity index (χ1) is 9.08. The molecule has 0 saturated carbocycles. The number of hydrogen-bond acceptors (Lipinski definition) is 5. The molecule has 0 rings (SSSR count). The molecule has 0 aromatic rings. The molecule has 0 aromatic carbocycles. The normalized spacial score (nSPS) is 11.3. The molecule has 1 atom stereocenters. The van der Waals surface area contributed by atoms with Gasteiger partial charge in [0.2, 0.25) is 0 Å². The number of carboxylic acid groups (broad SMARTS) is 1. The minimum Gasteiger partial charge on any atom is -0.481 e. The maximum Gasteiger partial charge on any atom is 0.303 e. The Bertz CT molecular complexity index is 213. The van der Waals surface area contributed by atoms with Gasteiger partial charge in [0.1, 0.15) is 6.29 Å². The van der Waals surface area contributed by atoms with Gasteiger partial charge in [-0.3, -0.25) is 4.79 Å². The number of hydrogen-bond donors (Lipinski definition) is 4. The first-order valence-electron chi connectivity index (χ1n) is 6.85. The lowest BCUT2D eigenvalue weighted by molar-refractivity contribution is -0.137. The maximum atomic E-state index is 10.0. The molecule has 0 aliphatic rings. The zero-order chi connectivity index (χ0) is 14.9. The SMILES string of the molecule is CNCCCCCC(=O)O.NCCCCC(N)C=O. The van der Waals surface area contributed by atoms with Crippen LogP contribution in [-0.4, -0.2) is 43.5 Å². The zero-order valence-electron chi connectivity index (χ0n) is 11.9. The highest BCUT2D eigenvalue weighted by Crippen LogP contribution is 1.97. The minimum absolute atomic E-state index is 0.281. The molecular formula is C13H29N3O3. The summed E-state index contributed by atoms with van der Waals surface area (Å²) in [5.74, 6) is -0.690. The summed E-state index contributed by atoms with van der Waals surface area (Å²) in [7, 11) is 1.90. The molecule has 0 radical (unpaired) electrons. The highest BCUT2D eigenvalue weighted by Gasteiger charge is 1.96. The van der Waals surface area contributed by atoms with Crippen molar-refractivity contribution in [2.45, 2.75) is 51.0 Å². The van der Waals surface area contributed by atoms with E-state index in [1.807, 2.05) is 7.05 Å². The van der Waals surface area contributed by atoms with Crippen molar-refractivity contribution in [3.63, 3.8) is 0 Å². The van der Waals surface area contributed by atoms with Crippen molar-refractivity contribution in [1.82, 2.24) is 5.32 Å². The molecule has 0 fully saturated rings. The molecule has 0 aliphatic carbocycles. The summed E-state index contributed by atoms with van der Waals surface area (Å²) in [4.78, 5) is 20.0. The molecule has 114 valence electrons. The largest absolute Gasteiger partial charge is 0.481 e. The molecule has 0 spiro atoms. The minimum atomic E-state index is -0.690. The lowest BCUT2D eigenvalue weighted by Gasteiger charge is -2.00. The number of carboxylic acids is 1. The van der Waals surface area contributed by atoms with Crippen LogP contribution in [0.2, 0.25) is 0 Å². The summed E-state index contributed by atoms with van der Waals surface area (Å²) >= 11 is 0. The Kier molecular flexibility index (Phi) is 18.2. The van der Waals surface area contributed by atoms with Gasteiger partial charge in [-0.2, -0.15) is 0 Å². The molecule has 0 amide bonds. The number of carbonyl (C=O) groups excluding carboxylic acids is 1. The van der Waals surface area contributed by atoms with E-state index in [1.165, 1.54) is 0 Å². The number of nitrogens with one attached hydrogen (secondary N) is 1. The third kappa shape index (κ3) is 22.7. The highest BCUT2D eigenvalue weighted by atomic mass is 16.4. The van der Waals surface area contributed by atoms with Crippen LogP contribution in [0.3, 0.4) is 0 Å². The number of carbonyl (C=O) groups is 2. The quantitative estimate of drug-likeness (QED) is 0.322. The first kappa shape index (κ1) is 20.3. The molecule has 1 unspecified atom stereocenters. The van der Waals surface area contributed by atoms with Crippen LogP contribution in [0.4, 0.5) is 0 Å². The van der Waals surface area contributed by atoms with Gasteiger partial charge in [-0.25, -0.2) is 0 Å². The van der Waals surface area contributed by atoms with Crippen molar-refractivity contribution in [3.8, 4) is 0 Å². The van der Waals surface area contributed by atoms with E-state index in [9.17, 15) is 9.59 Å². The van der Waals surface area contributed by atoms with Gasteiger partial charge >= 0.3 is 5.97 Å². The summed E-state index contributed by atoms with van der Waals surface area (Å²) in [6, 6.07) is -0.281. The molecule has 6 N–H and O–H groups in total. The van der Waals surface area contributed by atoms with Gasteiger partial charge in [0, 0.05) is 6.42 Å². The van der Waals surface area contributed by atoms with Crippen LogP contribution in [0.15, 0.2) is 0 Å². The fourth-order valence-electron chi connectivity index (χ4n) is 1.35. The van der Waals surface area contributed by atoms with Gasteiger partial charge in [0.15, 0.2) is 0 Å². The Morgan fingerprint density at radius 3 is 2.42 bits per heavy atom. The Morgan fingerprint density at radius 1 is 1.26 bits per heavy atom. The van der Waals surface area contributed by atoms with E-state index >= 15 is 0 Å². The Labute approximate surface area is 115 Å². The zero-order valence-corrected chi connectivity index (χ0v) is 11.9. The third-order valence-electron chi connectivity index (χ3n) is 2.48. The maximum absolute atomic E-state index is 10.0. The second-order valence-corrected chi connectivity index (χ2v) is 4.39. The molecule has 0 saturated heterocycles. The molecular weight excluding hydrogens is 246 g/mol. The van der Waals surface area contributed by atoms with Gasteiger partial charge in [0.05, 0.1) is 6.04 Å². The van der Waals surface area contributed by atoms with Gasteiger partial charge in [-0.05, 0) is 45.8 Å². The third-order valence-corrected chi connectivity index (χ3v) is 2.48. The summed E-state index contributed by atoms with van der Waals surface area (Å²) in [6.45, 7) is 1.67. The number of aldehydes is 1. The molecule has 0 bridgehead atoms. The Hall–Kier alpha value is -0.980. The van der Waals surface area contributed by atoms with E-state index in [2.05, 4.69) is 5.32 Å². The first-order valence-corrected chi connectivity index (χ1v) is 6.85. The standard InChI is InChI=1S/C7H15NO2.C6H14N2O/c1-8-6-4-2-3-5-7(9)10;7-4-2-1-3-6(8)5-9/h8H,2-6H2,1H3,(H,9,10);5-6H,1-4,7-8H2. The molecule has 0 aromatic heterocycles. The number of unbranched alkanes of at least 4 members (excludes halogenated alkanes) is 3. The molecule has 6 nitrogen and oxygen atoms in total. The highest BCUT2D eigenvalue weighted by molar-refractivity contribution is 5.66. The van der Waals surface area contributed by atoms with E-state index in [-0.39, 0.29) is 6.04 Å². The predicted octanol–water partition coefficient (Wildman–Crippen LogP) is 0.492. The summed E-state index contributed by atoms with van der Waals surface area (Å²) in [6.07, 6.45) is 6.65. The Balaban J connectivity index is 0. The van der Waals surface area contributed by atoms with Crippen molar-refractivity contribution >= 4 is 12.3 Å². The van der Waals surface area contributed by atoms with Crippen molar-refractivity contribution < 1.29 is 14.7 Å². The van der Waals surface area contributed by atoms with Gasteiger partial charge in [0.25, 0.3) is 0 Å². The van der Waals surface area contributed by atoms with E-state index in [1.54, 1.807) is 0 Å². The molecule has 0 aliphatic heterocycles. The Morgan fingerprint density at radius 2 is 1.95 bits per heavy atom. The van der Waals surface area contributed by atoms with E-state index in [0.29, 0.717) is 13.0 Å². The van der Waals surface area contributed by atoms with Crippen molar-refractivity contribution in [2.24, 2.45) is 11.5 Å². The van der Waals surface area contributed by atoms with Gasteiger partial charge in [-0.15, -0.1) is 0 Å². The van der Waals surface area contributed by atoms with Crippen molar-refractivity contribution in [1.29, 1.82) is 0 Å². The summed E-state index contributed by atoms with van der Waals surface area (Å²) < 4.78 is 0.